The van der Waals surface area contributed by atoms with E-state index in [-0.39, 0.29) is 29.1 Å². The fraction of sp³-hybridized carbons (Fsp3) is 0.875. The maximum atomic E-state index is 11.3. The number of ether oxygens (including phenoxy) is 1. The Morgan fingerprint density at radius 1 is 0.905 bits per heavy atom. The van der Waals surface area contributed by atoms with Gasteiger partial charge in [0, 0.05) is 0 Å². The van der Waals surface area contributed by atoms with Crippen LogP contribution in [0.2, 0.25) is 0 Å². The molecule has 0 bridgehead atoms. The zero-order valence-corrected chi connectivity index (χ0v) is 14.1. The average Bonchev–Trinajstić information content (AvgIpc) is 2.74. The molecule has 21 heavy (non-hydrogen) atoms. The third kappa shape index (κ3) is 9.36. The number of rotatable bonds is 12. The second-order valence-corrected chi connectivity index (χ2v) is 7.12. The Morgan fingerprint density at radius 2 is 1.43 bits per heavy atom. The third-order valence-corrected chi connectivity index (χ3v) is 4.37. The number of unbranched alkanes of at least 4 members (excludes halogenated alkanes) is 8. The van der Waals surface area contributed by atoms with E-state index in [1.165, 1.54) is 38.5 Å². The molecule has 0 aromatic rings. The molecule has 1 heterocycles. The highest BCUT2D eigenvalue weighted by atomic mass is 35.5. The van der Waals surface area contributed by atoms with E-state index < -0.39 is 0 Å². The summed E-state index contributed by atoms with van der Waals surface area (Å²) < 4.78 is 4.54. The predicted octanol–water partition coefficient (Wildman–Crippen LogP) is 5.17. The molecule has 1 atom stereocenters. The van der Waals surface area contributed by atoms with Gasteiger partial charge in [0.15, 0.2) is 0 Å². The molecule has 122 valence electrons. The number of hydrogen-bond acceptors (Lipinski definition) is 3. The lowest BCUT2D eigenvalue weighted by molar-refractivity contribution is -0.153. The van der Waals surface area contributed by atoms with E-state index in [2.05, 4.69) is 4.74 Å². The highest BCUT2D eigenvalue weighted by molar-refractivity contribution is 6.44. The minimum Gasteiger partial charge on any atom is -0.393 e. The molecule has 1 saturated heterocycles. The summed E-state index contributed by atoms with van der Waals surface area (Å²) in [6, 6.07) is 0. The Labute approximate surface area is 137 Å². The Hall–Kier alpha value is -0.280. The van der Waals surface area contributed by atoms with Gasteiger partial charge >= 0.3 is 11.9 Å². The molecule has 1 aliphatic heterocycles. The lowest BCUT2D eigenvalue weighted by Crippen LogP contribution is -2.06. The summed E-state index contributed by atoms with van der Waals surface area (Å²) in [4.78, 5) is 22.0. The van der Waals surface area contributed by atoms with Crippen LogP contribution in [0.25, 0.3) is 0 Å². The molecule has 0 amide bonds. The Balaban J connectivity index is 1.81. The maximum absolute atomic E-state index is 11.3. The van der Waals surface area contributed by atoms with Gasteiger partial charge in [0.25, 0.3) is 0 Å². The number of alkyl halides is 2. The number of carbonyl (C=O) groups excluding carboxylic acids is 2. The molecule has 0 aromatic carbocycles. The Kier molecular flexibility index (Phi) is 10.1. The first-order valence-electron chi connectivity index (χ1n) is 8.12. The first-order valence-corrected chi connectivity index (χ1v) is 8.99. The minimum absolute atomic E-state index is 0.176. The van der Waals surface area contributed by atoms with E-state index in [1.807, 2.05) is 0 Å². The normalized spacial score (nSPS) is 18.5. The van der Waals surface area contributed by atoms with Crippen LogP contribution in [0.5, 0.6) is 0 Å². The first kappa shape index (κ1) is 18.8. The third-order valence-electron chi connectivity index (χ3n) is 3.94. The van der Waals surface area contributed by atoms with Gasteiger partial charge in [0.05, 0.1) is 12.3 Å². The molecule has 0 spiro atoms. The summed E-state index contributed by atoms with van der Waals surface area (Å²) in [5, 5.41) is 0. The number of carbonyl (C=O) groups is 2. The van der Waals surface area contributed by atoms with Crippen molar-refractivity contribution >= 4 is 35.1 Å². The van der Waals surface area contributed by atoms with Crippen molar-refractivity contribution in [2.24, 2.45) is 5.92 Å². The van der Waals surface area contributed by atoms with Gasteiger partial charge in [-0.3, -0.25) is 9.59 Å². The van der Waals surface area contributed by atoms with Crippen LogP contribution in [0.15, 0.2) is 0 Å². The van der Waals surface area contributed by atoms with Gasteiger partial charge in [-0.15, -0.1) is 23.2 Å². The van der Waals surface area contributed by atoms with Gasteiger partial charge in [-0.25, -0.2) is 0 Å². The van der Waals surface area contributed by atoms with E-state index in [0.717, 1.165) is 32.1 Å². The highest BCUT2D eigenvalue weighted by Gasteiger charge is 2.32. The molecule has 1 aliphatic rings. The van der Waals surface area contributed by atoms with Crippen molar-refractivity contribution < 1.29 is 14.3 Å². The topological polar surface area (TPSA) is 43.4 Å². The zero-order valence-electron chi connectivity index (χ0n) is 12.6. The number of halogens is 2. The lowest BCUT2D eigenvalue weighted by Gasteiger charge is -2.05. The summed E-state index contributed by atoms with van der Waals surface area (Å²) in [5.41, 5.74) is 0. The van der Waals surface area contributed by atoms with Gasteiger partial charge in [-0.05, 0) is 12.8 Å². The summed E-state index contributed by atoms with van der Waals surface area (Å²) in [6.45, 7) is 0. The smallest absolute Gasteiger partial charge is 0.317 e. The van der Waals surface area contributed by atoms with E-state index in [4.69, 9.17) is 23.2 Å². The molecule has 0 saturated carbocycles. The summed E-state index contributed by atoms with van der Waals surface area (Å²) >= 11 is 11.3. The van der Waals surface area contributed by atoms with Crippen molar-refractivity contribution in [3.63, 3.8) is 0 Å². The number of hydrogen-bond donors (Lipinski definition) is 0. The minimum atomic E-state index is -0.361. The van der Waals surface area contributed by atoms with E-state index >= 15 is 0 Å². The van der Waals surface area contributed by atoms with Crippen molar-refractivity contribution in [2.45, 2.75) is 81.9 Å². The second-order valence-electron chi connectivity index (χ2n) is 5.84. The molecule has 0 aliphatic carbocycles. The molecule has 1 fully saturated rings. The van der Waals surface area contributed by atoms with Gasteiger partial charge < -0.3 is 4.74 Å². The second kappa shape index (κ2) is 11.3. The molecule has 0 aromatic heterocycles. The largest absolute Gasteiger partial charge is 0.393 e. The van der Waals surface area contributed by atoms with Crippen LogP contribution in [-0.4, -0.2) is 16.8 Å². The molecule has 5 heteroatoms. The standard InChI is InChI=1S/C16H26Cl2O3/c17-14(18)11-9-7-5-3-1-2-4-6-8-10-13-12-15(19)21-16(13)20/h13-14H,1-12H2. The maximum Gasteiger partial charge on any atom is 0.317 e. The molecular formula is C16H26Cl2O3. The fourth-order valence-electron chi connectivity index (χ4n) is 2.67. The van der Waals surface area contributed by atoms with Crippen LogP contribution >= 0.6 is 23.2 Å². The SMILES string of the molecule is O=C1CC(CCCCCCCCCCCC(Cl)Cl)C(=O)O1. The number of cyclic esters (lactones) is 2. The molecule has 1 unspecified atom stereocenters. The van der Waals surface area contributed by atoms with Crippen LogP contribution in [0, 0.1) is 5.92 Å². The predicted molar refractivity (Wildman–Crippen MR) is 85.5 cm³/mol. The Bertz CT molecular complexity index is 319. The molecular weight excluding hydrogens is 311 g/mol. The van der Waals surface area contributed by atoms with Gasteiger partial charge in [-0.1, -0.05) is 57.8 Å². The van der Waals surface area contributed by atoms with Crippen molar-refractivity contribution in [1.29, 1.82) is 0 Å². The van der Waals surface area contributed by atoms with E-state index in [9.17, 15) is 9.59 Å². The van der Waals surface area contributed by atoms with Crippen molar-refractivity contribution in [3.05, 3.63) is 0 Å². The lowest BCUT2D eigenvalue weighted by atomic mass is 9.99. The van der Waals surface area contributed by atoms with Crippen LogP contribution in [0.4, 0.5) is 0 Å². The van der Waals surface area contributed by atoms with Crippen LogP contribution < -0.4 is 0 Å². The fourth-order valence-corrected chi connectivity index (χ4v) is 2.98. The summed E-state index contributed by atoms with van der Waals surface area (Å²) in [6.07, 6.45) is 12.7. The molecule has 0 radical (unpaired) electrons. The zero-order chi connectivity index (χ0) is 15.5. The van der Waals surface area contributed by atoms with Crippen LogP contribution in [0.1, 0.15) is 77.0 Å². The van der Waals surface area contributed by atoms with E-state index in [1.54, 1.807) is 0 Å². The average molecular weight is 337 g/mol. The van der Waals surface area contributed by atoms with Crippen molar-refractivity contribution in [3.8, 4) is 0 Å². The molecule has 0 N–H and O–H groups in total. The van der Waals surface area contributed by atoms with Gasteiger partial charge in [-0.2, -0.15) is 0 Å². The first-order chi connectivity index (χ1) is 10.1. The van der Waals surface area contributed by atoms with Crippen molar-refractivity contribution in [1.82, 2.24) is 0 Å². The van der Waals surface area contributed by atoms with Gasteiger partial charge in [0.1, 0.15) is 4.84 Å². The monoisotopic (exact) mass is 336 g/mol. The van der Waals surface area contributed by atoms with Crippen LogP contribution in [-0.2, 0) is 14.3 Å². The van der Waals surface area contributed by atoms with Crippen molar-refractivity contribution in [2.75, 3.05) is 0 Å². The van der Waals surface area contributed by atoms with Gasteiger partial charge in [0.2, 0.25) is 0 Å². The van der Waals surface area contributed by atoms with E-state index in [0.29, 0.717) is 0 Å². The molecule has 3 nitrogen and oxygen atoms in total. The van der Waals surface area contributed by atoms with Crippen LogP contribution in [0.3, 0.4) is 0 Å². The number of esters is 2. The summed E-state index contributed by atoms with van der Waals surface area (Å²) in [7, 11) is 0. The highest BCUT2D eigenvalue weighted by Crippen LogP contribution is 2.22. The quantitative estimate of drug-likeness (QED) is 0.213. The molecule has 1 rings (SSSR count). The Morgan fingerprint density at radius 3 is 1.90 bits per heavy atom. The summed E-state index contributed by atoms with van der Waals surface area (Å²) in [5.74, 6) is -0.860.